The number of aryl methyl sites for hydroxylation is 1. The smallest absolute Gasteiger partial charge is 0.321 e. The third-order valence-electron chi connectivity index (χ3n) is 3.46. The molecule has 3 aromatic rings. The number of aromatic nitrogens is 3. The van der Waals surface area contributed by atoms with E-state index in [1.54, 1.807) is 13.3 Å². The van der Waals surface area contributed by atoms with Crippen LogP contribution in [-0.4, -0.2) is 41.2 Å². The van der Waals surface area contributed by atoms with Crippen LogP contribution in [0.3, 0.4) is 0 Å². The fourth-order valence-electron chi connectivity index (χ4n) is 2.29. The molecule has 3 aromatic heterocycles. The molecule has 0 bridgehead atoms. The van der Waals surface area contributed by atoms with Gasteiger partial charge in [0.05, 0.1) is 5.69 Å². The van der Waals surface area contributed by atoms with E-state index in [4.69, 9.17) is 4.74 Å². The standard InChI is InChI=1S/C17H19N5O2S/c1-11-8-12(10-18-9-11)13-4-5-14-15(20-13)25-17(21-14)22-16(23)19-6-3-7-24-2/h4-5,8-10H,3,6-7H2,1-2H3,(H2,19,21,22,23). The van der Waals surface area contributed by atoms with Crippen molar-refractivity contribution in [2.45, 2.75) is 13.3 Å². The maximum Gasteiger partial charge on any atom is 0.321 e. The van der Waals surface area contributed by atoms with Crippen LogP contribution >= 0.6 is 11.3 Å². The van der Waals surface area contributed by atoms with E-state index in [1.807, 2.05) is 31.3 Å². The van der Waals surface area contributed by atoms with Gasteiger partial charge in [-0.3, -0.25) is 10.3 Å². The summed E-state index contributed by atoms with van der Waals surface area (Å²) in [5, 5.41) is 6.02. The van der Waals surface area contributed by atoms with Crippen molar-refractivity contribution in [2.75, 3.05) is 25.6 Å². The fourth-order valence-corrected chi connectivity index (χ4v) is 3.12. The minimum absolute atomic E-state index is 0.279. The molecule has 0 saturated heterocycles. The first-order valence-corrected chi connectivity index (χ1v) is 8.71. The number of nitrogens with zero attached hydrogens (tertiary/aromatic N) is 3. The third-order valence-corrected chi connectivity index (χ3v) is 4.34. The molecular weight excluding hydrogens is 338 g/mol. The Bertz CT molecular complexity index is 880. The average molecular weight is 357 g/mol. The zero-order valence-corrected chi connectivity index (χ0v) is 14.9. The first kappa shape index (κ1) is 17.2. The highest BCUT2D eigenvalue weighted by molar-refractivity contribution is 7.21. The zero-order chi connectivity index (χ0) is 17.6. The van der Waals surface area contributed by atoms with E-state index in [2.05, 4.69) is 25.6 Å². The average Bonchev–Trinajstić information content (AvgIpc) is 3.00. The summed E-state index contributed by atoms with van der Waals surface area (Å²) in [5.41, 5.74) is 3.63. The van der Waals surface area contributed by atoms with Crippen LogP contribution in [0.4, 0.5) is 9.93 Å². The number of nitrogens with one attached hydrogen (secondary N) is 2. The van der Waals surface area contributed by atoms with Gasteiger partial charge in [0.1, 0.15) is 10.3 Å². The van der Waals surface area contributed by atoms with Crippen molar-refractivity contribution in [1.82, 2.24) is 20.3 Å². The Labute approximate surface area is 149 Å². The molecule has 3 rings (SSSR count). The maximum absolute atomic E-state index is 11.9. The Balaban J connectivity index is 1.71. The maximum atomic E-state index is 11.9. The molecule has 2 N–H and O–H groups in total. The van der Waals surface area contributed by atoms with Gasteiger partial charge in [-0.15, -0.1) is 0 Å². The Hall–Kier alpha value is -2.58. The molecule has 0 unspecified atom stereocenters. The van der Waals surface area contributed by atoms with E-state index < -0.39 is 0 Å². The summed E-state index contributed by atoms with van der Waals surface area (Å²) < 4.78 is 4.94. The van der Waals surface area contributed by atoms with Crippen LogP contribution in [0.2, 0.25) is 0 Å². The van der Waals surface area contributed by atoms with Crippen molar-refractivity contribution in [3.63, 3.8) is 0 Å². The Morgan fingerprint density at radius 3 is 2.96 bits per heavy atom. The number of thiazole rings is 1. The van der Waals surface area contributed by atoms with Crippen molar-refractivity contribution >= 4 is 32.8 Å². The highest BCUT2D eigenvalue weighted by atomic mass is 32.1. The zero-order valence-electron chi connectivity index (χ0n) is 14.1. The van der Waals surface area contributed by atoms with E-state index in [1.165, 1.54) is 11.3 Å². The van der Waals surface area contributed by atoms with Crippen LogP contribution in [0.5, 0.6) is 0 Å². The number of urea groups is 1. The van der Waals surface area contributed by atoms with Crippen LogP contribution in [-0.2, 0) is 4.74 Å². The van der Waals surface area contributed by atoms with Crippen LogP contribution in [0.1, 0.15) is 12.0 Å². The van der Waals surface area contributed by atoms with E-state index >= 15 is 0 Å². The van der Waals surface area contributed by atoms with Gasteiger partial charge in [-0.05, 0) is 37.1 Å². The molecule has 0 aliphatic heterocycles. The van der Waals surface area contributed by atoms with E-state index in [0.717, 1.165) is 33.6 Å². The molecule has 0 radical (unpaired) electrons. The predicted octanol–water partition coefficient (Wildman–Crippen LogP) is 3.22. The van der Waals surface area contributed by atoms with Gasteiger partial charge in [0.25, 0.3) is 0 Å². The van der Waals surface area contributed by atoms with Gasteiger partial charge in [-0.25, -0.2) is 14.8 Å². The number of rotatable bonds is 6. The Morgan fingerprint density at radius 2 is 2.16 bits per heavy atom. The normalized spacial score (nSPS) is 10.8. The molecule has 2 amide bonds. The summed E-state index contributed by atoms with van der Waals surface area (Å²) in [6.45, 7) is 3.16. The minimum Gasteiger partial charge on any atom is -0.385 e. The summed E-state index contributed by atoms with van der Waals surface area (Å²) in [4.78, 5) is 25.8. The largest absolute Gasteiger partial charge is 0.385 e. The van der Waals surface area contributed by atoms with Gasteiger partial charge < -0.3 is 10.1 Å². The number of carbonyl (C=O) groups is 1. The number of hydrogen-bond donors (Lipinski definition) is 2. The molecule has 0 aliphatic rings. The molecule has 7 nitrogen and oxygen atoms in total. The third kappa shape index (κ3) is 4.49. The van der Waals surface area contributed by atoms with Crippen LogP contribution in [0.15, 0.2) is 30.6 Å². The summed E-state index contributed by atoms with van der Waals surface area (Å²) in [6, 6.07) is 5.57. The molecule has 8 heteroatoms. The van der Waals surface area contributed by atoms with Crippen molar-refractivity contribution in [3.8, 4) is 11.3 Å². The molecule has 130 valence electrons. The van der Waals surface area contributed by atoms with Gasteiger partial charge in [0.15, 0.2) is 5.13 Å². The summed E-state index contributed by atoms with van der Waals surface area (Å²) >= 11 is 1.34. The second-order valence-electron chi connectivity index (χ2n) is 5.52. The SMILES string of the molecule is COCCCNC(=O)Nc1nc2ccc(-c3cncc(C)c3)nc2s1. The van der Waals surface area contributed by atoms with Gasteiger partial charge in [-0.1, -0.05) is 11.3 Å². The molecular formula is C17H19N5O2S. The van der Waals surface area contributed by atoms with E-state index in [9.17, 15) is 4.79 Å². The summed E-state index contributed by atoms with van der Waals surface area (Å²) in [7, 11) is 1.63. The van der Waals surface area contributed by atoms with Gasteiger partial charge in [-0.2, -0.15) is 0 Å². The van der Waals surface area contributed by atoms with Crippen molar-refractivity contribution < 1.29 is 9.53 Å². The first-order chi connectivity index (χ1) is 12.2. The molecule has 0 aromatic carbocycles. The lowest BCUT2D eigenvalue weighted by atomic mass is 10.1. The molecule has 0 atom stereocenters. The molecule has 0 spiro atoms. The number of pyridine rings is 2. The number of amides is 2. The second-order valence-corrected chi connectivity index (χ2v) is 6.50. The van der Waals surface area contributed by atoms with Gasteiger partial charge in [0, 0.05) is 38.2 Å². The lowest BCUT2D eigenvalue weighted by Crippen LogP contribution is -2.29. The Kier molecular flexibility index (Phi) is 5.52. The number of ether oxygens (including phenoxy) is 1. The molecule has 0 aliphatic carbocycles. The summed E-state index contributed by atoms with van der Waals surface area (Å²) in [6.07, 6.45) is 4.36. The highest BCUT2D eigenvalue weighted by Gasteiger charge is 2.10. The minimum atomic E-state index is -0.279. The predicted molar refractivity (Wildman–Crippen MR) is 98.9 cm³/mol. The number of anilines is 1. The van der Waals surface area contributed by atoms with Crippen LogP contribution in [0.25, 0.3) is 21.6 Å². The highest BCUT2D eigenvalue weighted by Crippen LogP contribution is 2.27. The molecule has 0 fully saturated rings. The molecule has 25 heavy (non-hydrogen) atoms. The lowest BCUT2D eigenvalue weighted by Gasteiger charge is -2.04. The first-order valence-electron chi connectivity index (χ1n) is 7.89. The van der Waals surface area contributed by atoms with E-state index in [-0.39, 0.29) is 6.03 Å². The number of methoxy groups -OCH3 is 1. The van der Waals surface area contributed by atoms with Crippen molar-refractivity contribution in [1.29, 1.82) is 0 Å². The van der Waals surface area contributed by atoms with Crippen molar-refractivity contribution in [2.24, 2.45) is 0 Å². The van der Waals surface area contributed by atoms with Gasteiger partial charge in [0.2, 0.25) is 0 Å². The quantitative estimate of drug-likeness (QED) is 0.661. The van der Waals surface area contributed by atoms with Crippen LogP contribution < -0.4 is 10.6 Å². The monoisotopic (exact) mass is 357 g/mol. The second kappa shape index (κ2) is 8.00. The fraction of sp³-hybridized carbons (Fsp3) is 0.294. The van der Waals surface area contributed by atoms with Crippen molar-refractivity contribution in [3.05, 3.63) is 36.2 Å². The number of hydrogen-bond acceptors (Lipinski definition) is 6. The number of fused-ring (bicyclic) bond motifs is 1. The van der Waals surface area contributed by atoms with Crippen LogP contribution in [0, 0.1) is 6.92 Å². The Morgan fingerprint density at radius 1 is 1.28 bits per heavy atom. The van der Waals surface area contributed by atoms with Gasteiger partial charge >= 0.3 is 6.03 Å². The number of carbonyl (C=O) groups excluding carboxylic acids is 1. The van der Waals surface area contributed by atoms with E-state index in [0.29, 0.717) is 18.3 Å². The molecule has 0 saturated carbocycles. The topological polar surface area (TPSA) is 89.0 Å². The lowest BCUT2D eigenvalue weighted by molar-refractivity contribution is 0.194. The summed E-state index contributed by atoms with van der Waals surface area (Å²) in [5.74, 6) is 0. The molecule has 3 heterocycles.